The molecule has 0 saturated heterocycles. The number of nitrogens with two attached hydrogens (primary N) is 1. The van der Waals surface area contributed by atoms with Gasteiger partial charge in [0.2, 0.25) is 0 Å². The van der Waals surface area contributed by atoms with Gasteiger partial charge >= 0.3 is 0 Å². The van der Waals surface area contributed by atoms with Gasteiger partial charge in [-0.25, -0.2) is 10.8 Å². The Morgan fingerprint density at radius 1 is 1.35 bits per heavy atom. The maximum absolute atomic E-state index is 6.06. The van der Waals surface area contributed by atoms with Crippen LogP contribution in [0.3, 0.4) is 0 Å². The molecule has 0 aliphatic heterocycles. The van der Waals surface area contributed by atoms with Gasteiger partial charge in [-0.1, -0.05) is 11.6 Å². The Balaban J connectivity index is 2.12. The molecule has 0 saturated carbocycles. The van der Waals surface area contributed by atoms with Crippen LogP contribution in [-0.4, -0.2) is 12.1 Å². The molecule has 0 bridgehead atoms. The summed E-state index contributed by atoms with van der Waals surface area (Å²) in [5.74, 6) is 7.26. The summed E-state index contributed by atoms with van der Waals surface area (Å²) in [4.78, 5) is 4.24. The van der Waals surface area contributed by atoms with Crippen molar-refractivity contribution in [3.05, 3.63) is 45.5 Å². The fourth-order valence-electron chi connectivity index (χ4n) is 1.54. The number of nitrogens with zero attached hydrogens (tertiary/aromatic N) is 1. The largest absolute Gasteiger partial charge is 0.497 e. The third-order valence-corrected chi connectivity index (χ3v) is 3.53. The number of pyridine rings is 1. The molecule has 0 unspecified atom stereocenters. The second kappa shape index (κ2) is 6.78. The molecule has 5 nitrogen and oxygen atoms in total. The van der Waals surface area contributed by atoms with Crippen LogP contribution in [-0.2, 0) is 6.61 Å². The van der Waals surface area contributed by atoms with Gasteiger partial charge in [0.1, 0.15) is 23.9 Å². The van der Waals surface area contributed by atoms with Gasteiger partial charge in [-0.15, -0.1) is 0 Å². The molecule has 1 heterocycles. The number of rotatable bonds is 5. The quantitative estimate of drug-likeness (QED) is 0.633. The van der Waals surface area contributed by atoms with E-state index in [1.54, 1.807) is 19.2 Å². The fraction of sp³-hybridized carbons (Fsp3) is 0.154. The predicted molar refractivity (Wildman–Crippen MR) is 82.1 cm³/mol. The first kappa shape index (κ1) is 14.9. The van der Waals surface area contributed by atoms with Gasteiger partial charge in [-0.3, -0.25) is 0 Å². The molecule has 0 spiro atoms. The molecule has 2 rings (SSSR count). The number of hydrogen-bond acceptors (Lipinski definition) is 5. The first-order valence-corrected chi connectivity index (χ1v) is 6.89. The summed E-state index contributed by atoms with van der Waals surface area (Å²) in [5, 5.41) is 0.522. The number of aromatic nitrogens is 1. The molecule has 0 aliphatic rings. The Bertz CT molecular complexity index is 610. The molecule has 106 valence electrons. The van der Waals surface area contributed by atoms with Crippen LogP contribution in [0.4, 0.5) is 5.82 Å². The van der Waals surface area contributed by atoms with Crippen LogP contribution in [0.15, 0.2) is 34.8 Å². The van der Waals surface area contributed by atoms with Crippen molar-refractivity contribution in [2.24, 2.45) is 5.84 Å². The molecule has 3 N–H and O–H groups in total. The molecule has 2 aromatic rings. The van der Waals surface area contributed by atoms with Crippen LogP contribution in [0.1, 0.15) is 5.69 Å². The second-order valence-corrected chi connectivity index (χ2v) is 5.12. The Labute approximate surface area is 130 Å². The van der Waals surface area contributed by atoms with Gasteiger partial charge in [0.25, 0.3) is 0 Å². The predicted octanol–water partition coefficient (Wildman–Crippen LogP) is 3.37. The van der Waals surface area contributed by atoms with Crippen LogP contribution in [0.5, 0.6) is 11.5 Å². The van der Waals surface area contributed by atoms with E-state index in [1.807, 2.05) is 18.2 Å². The Morgan fingerprint density at radius 2 is 2.15 bits per heavy atom. The third-order valence-electron chi connectivity index (χ3n) is 2.57. The van der Waals surface area contributed by atoms with Gasteiger partial charge in [-0.05, 0) is 46.3 Å². The van der Waals surface area contributed by atoms with Gasteiger partial charge in [0.15, 0.2) is 0 Å². The number of ether oxygens (including phenoxy) is 2. The van der Waals surface area contributed by atoms with E-state index in [0.717, 1.165) is 10.2 Å². The van der Waals surface area contributed by atoms with Crippen molar-refractivity contribution in [1.29, 1.82) is 0 Å². The first-order valence-electron chi connectivity index (χ1n) is 5.72. The molecule has 0 fully saturated rings. The highest BCUT2D eigenvalue weighted by molar-refractivity contribution is 9.10. The number of hydrazine groups is 1. The normalized spacial score (nSPS) is 10.2. The zero-order chi connectivity index (χ0) is 14.5. The van der Waals surface area contributed by atoms with Crippen LogP contribution < -0.4 is 20.7 Å². The lowest BCUT2D eigenvalue weighted by molar-refractivity contribution is 0.299. The lowest BCUT2D eigenvalue weighted by Gasteiger charge is -2.11. The average molecular weight is 359 g/mol. The summed E-state index contributed by atoms with van der Waals surface area (Å²) < 4.78 is 11.6. The molecule has 0 amide bonds. The minimum absolute atomic E-state index is 0.235. The summed E-state index contributed by atoms with van der Waals surface area (Å²) in [6, 6.07) is 8.84. The van der Waals surface area contributed by atoms with Crippen LogP contribution in [0, 0.1) is 0 Å². The molecule has 0 radical (unpaired) electrons. The fourth-order valence-corrected chi connectivity index (χ4v) is 2.17. The maximum atomic E-state index is 6.06. The van der Waals surface area contributed by atoms with E-state index in [0.29, 0.717) is 22.3 Å². The van der Waals surface area contributed by atoms with E-state index in [2.05, 4.69) is 26.3 Å². The Morgan fingerprint density at radius 3 is 2.80 bits per heavy atom. The van der Waals surface area contributed by atoms with Crippen molar-refractivity contribution in [2.45, 2.75) is 6.61 Å². The van der Waals surface area contributed by atoms with Crippen molar-refractivity contribution in [2.75, 3.05) is 12.5 Å². The number of nitrogens with one attached hydrogen (secondary N) is 1. The number of nitrogen functional groups attached to an aromatic ring is 1. The van der Waals surface area contributed by atoms with Crippen molar-refractivity contribution < 1.29 is 9.47 Å². The highest BCUT2D eigenvalue weighted by Gasteiger charge is 2.07. The zero-order valence-corrected chi connectivity index (χ0v) is 13.0. The van der Waals surface area contributed by atoms with Crippen molar-refractivity contribution in [3.8, 4) is 11.5 Å². The standard InChI is InChI=1S/C13H13BrClN3O2/c1-19-8-2-4-12(9(14)6-8)20-7-11-10(15)3-5-13(17-11)18-16/h2-6H,7,16H2,1H3,(H,17,18). The smallest absolute Gasteiger partial charge is 0.140 e. The van der Waals surface area contributed by atoms with E-state index in [-0.39, 0.29) is 6.61 Å². The highest BCUT2D eigenvalue weighted by atomic mass is 79.9. The Hall–Kier alpha value is -1.50. The third kappa shape index (κ3) is 3.53. The van der Waals surface area contributed by atoms with Gasteiger partial charge in [-0.2, -0.15) is 0 Å². The molecular weight excluding hydrogens is 346 g/mol. The molecular formula is C13H13BrClN3O2. The van der Waals surface area contributed by atoms with Crippen molar-refractivity contribution in [3.63, 3.8) is 0 Å². The van der Waals surface area contributed by atoms with Gasteiger partial charge in [0, 0.05) is 0 Å². The number of benzene rings is 1. The van der Waals surface area contributed by atoms with E-state index >= 15 is 0 Å². The number of anilines is 1. The Kier molecular flexibility index (Phi) is 5.05. The maximum Gasteiger partial charge on any atom is 0.140 e. The second-order valence-electron chi connectivity index (χ2n) is 3.85. The molecule has 0 atom stereocenters. The average Bonchev–Trinajstić information content (AvgIpc) is 2.47. The van der Waals surface area contributed by atoms with Crippen LogP contribution >= 0.6 is 27.5 Å². The van der Waals surface area contributed by atoms with E-state index in [1.165, 1.54) is 0 Å². The summed E-state index contributed by atoms with van der Waals surface area (Å²) in [6.45, 7) is 0.235. The lowest BCUT2D eigenvalue weighted by Crippen LogP contribution is -2.10. The zero-order valence-electron chi connectivity index (χ0n) is 10.7. The molecule has 20 heavy (non-hydrogen) atoms. The summed E-state index contributed by atoms with van der Waals surface area (Å²) >= 11 is 9.48. The minimum atomic E-state index is 0.235. The summed E-state index contributed by atoms with van der Waals surface area (Å²) in [7, 11) is 1.61. The summed E-state index contributed by atoms with van der Waals surface area (Å²) in [5.41, 5.74) is 3.07. The highest BCUT2D eigenvalue weighted by Crippen LogP contribution is 2.30. The van der Waals surface area contributed by atoms with Crippen LogP contribution in [0.25, 0.3) is 0 Å². The van der Waals surface area contributed by atoms with Gasteiger partial charge in [0.05, 0.1) is 22.3 Å². The number of methoxy groups -OCH3 is 1. The van der Waals surface area contributed by atoms with Crippen molar-refractivity contribution in [1.82, 2.24) is 4.98 Å². The molecule has 1 aromatic carbocycles. The van der Waals surface area contributed by atoms with Crippen LogP contribution in [0.2, 0.25) is 5.02 Å². The van der Waals surface area contributed by atoms with Crippen molar-refractivity contribution >= 4 is 33.3 Å². The molecule has 0 aliphatic carbocycles. The molecule has 7 heteroatoms. The minimum Gasteiger partial charge on any atom is -0.497 e. The number of halogens is 2. The van der Waals surface area contributed by atoms with E-state index in [4.69, 9.17) is 26.9 Å². The van der Waals surface area contributed by atoms with E-state index < -0.39 is 0 Å². The topological polar surface area (TPSA) is 69.4 Å². The first-order chi connectivity index (χ1) is 9.63. The number of hydrogen-bond donors (Lipinski definition) is 2. The summed E-state index contributed by atoms with van der Waals surface area (Å²) in [6.07, 6.45) is 0. The SMILES string of the molecule is COc1ccc(OCc2nc(NN)ccc2Cl)c(Br)c1. The monoisotopic (exact) mass is 357 g/mol. The lowest BCUT2D eigenvalue weighted by atomic mass is 10.3. The van der Waals surface area contributed by atoms with Gasteiger partial charge < -0.3 is 14.9 Å². The van der Waals surface area contributed by atoms with E-state index in [9.17, 15) is 0 Å². The molecule has 1 aromatic heterocycles.